The maximum absolute atomic E-state index is 12.7. The Morgan fingerprint density at radius 2 is 1.84 bits per heavy atom. The van der Waals surface area contributed by atoms with E-state index in [1.807, 2.05) is 30.3 Å². The molecule has 0 saturated heterocycles. The Morgan fingerprint density at radius 3 is 2.52 bits per heavy atom. The molecule has 0 aliphatic rings. The highest BCUT2D eigenvalue weighted by molar-refractivity contribution is 7.99. The van der Waals surface area contributed by atoms with Gasteiger partial charge in [0.25, 0.3) is 0 Å². The normalized spacial score (nSPS) is 11.7. The van der Waals surface area contributed by atoms with Gasteiger partial charge in [-0.05, 0) is 46.3 Å². The topological polar surface area (TPSA) is 99.0 Å². The van der Waals surface area contributed by atoms with Gasteiger partial charge in [0.05, 0.1) is 21.0 Å². The number of rotatable bonds is 9. The van der Waals surface area contributed by atoms with Crippen molar-refractivity contribution >= 4 is 46.8 Å². The van der Waals surface area contributed by atoms with Crippen molar-refractivity contribution in [2.24, 2.45) is 0 Å². The third-order valence-corrected chi connectivity index (χ3v) is 6.19. The van der Waals surface area contributed by atoms with Crippen LogP contribution in [0.1, 0.15) is 18.9 Å². The standard InChI is InChI=1S/C20H19Cl2N5O3S/c1-2-16(23-20(29)30-12-13-7-4-3-5-8-13)17(28)11-27-19(24-25-26-27)31-18-14(21)9-6-10-15(18)22/h3-10,16H,2,11-12H2,1H3,(H,23,29). The van der Waals surface area contributed by atoms with E-state index < -0.39 is 12.1 Å². The number of tetrazole rings is 1. The van der Waals surface area contributed by atoms with Gasteiger partial charge in [-0.2, -0.15) is 0 Å². The number of hydrogen-bond donors (Lipinski definition) is 1. The van der Waals surface area contributed by atoms with Gasteiger partial charge in [-0.15, -0.1) is 5.10 Å². The first-order valence-corrected chi connectivity index (χ1v) is 10.9. The van der Waals surface area contributed by atoms with E-state index in [1.165, 1.54) is 4.68 Å². The summed E-state index contributed by atoms with van der Waals surface area (Å²) in [5.41, 5.74) is 0.852. The number of hydrogen-bond acceptors (Lipinski definition) is 7. The molecule has 0 radical (unpaired) electrons. The molecule has 1 heterocycles. The first kappa shape index (κ1) is 23.1. The second kappa shape index (κ2) is 11.1. The van der Waals surface area contributed by atoms with Crippen LogP contribution in [0.2, 0.25) is 10.0 Å². The molecule has 1 aromatic heterocycles. The van der Waals surface area contributed by atoms with Crippen molar-refractivity contribution < 1.29 is 14.3 Å². The van der Waals surface area contributed by atoms with Crippen LogP contribution >= 0.6 is 35.0 Å². The number of carbonyl (C=O) groups is 2. The number of nitrogens with one attached hydrogen (secondary N) is 1. The Hall–Kier alpha value is -2.62. The van der Waals surface area contributed by atoms with E-state index in [9.17, 15) is 9.59 Å². The number of nitrogens with zero attached hydrogens (tertiary/aromatic N) is 4. The van der Waals surface area contributed by atoms with Crippen molar-refractivity contribution in [3.63, 3.8) is 0 Å². The molecule has 1 amide bonds. The zero-order valence-electron chi connectivity index (χ0n) is 16.5. The summed E-state index contributed by atoms with van der Waals surface area (Å²) >= 11 is 13.5. The average molecular weight is 480 g/mol. The van der Waals surface area contributed by atoms with Gasteiger partial charge in [-0.25, -0.2) is 9.48 Å². The second-order valence-corrected chi connectivity index (χ2v) is 8.20. The first-order chi connectivity index (χ1) is 15.0. The summed E-state index contributed by atoms with van der Waals surface area (Å²) < 4.78 is 6.53. The van der Waals surface area contributed by atoms with Crippen LogP contribution in [0.15, 0.2) is 58.6 Å². The number of ether oxygens (including phenoxy) is 1. The molecule has 3 rings (SSSR count). The predicted molar refractivity (Wildman–Crippen MR) is 117 cm³/mol. The fourth-order valence-electron chi connectivity index (χ4n) is 2.62. The average Bonchev–Trinajstić information content (AvgIpc) is 3.20. The van der Waals surface area contributed by atoms with Gasteiger partial charge in [0.2, 0.25) is 5.16 Å². The van der Waals surface area contributed by atoms with E-state index >= 15 is 0 Å². The van der Waals surface area contributed by atoms with E-state index in [1.54, 1.807) is 25.1 Å². The Bertz CT molecular complexity index is 1030. The maximum Gasteiger partial charge on any atom is 0.408 e. The van der Waals surface area contributed by atoms with Crippen molar-refractivity contribution in [2.75, 3.05) is 0 Å². The second-order valence-electron chi connectivity index (χ2n) is 6.41. The van der Waals surface area contributed by atoms with Gasteiger partial charge in [-0.3, -0.25) is 4.79 Å². The number of aromatic nitrogens is 4. The first-order valence-electron chi connectivity index (χ1n) is 9.36. The molecule has 2 aromatic carbocycles. The van der Waals surface area contributed by atoms with E-state index in [0.29, 0.717) is 26.5 Å². The fourth-order valence-corrected chi connectivity index (χ4v) is 4.04. The van der Waals surface area contributed by atoms with Crippen LogP contribution in [0.5, 0.6) is 0 Å². The largest absolute Gasteiger partial charge is 0.445 e. The maximum atomic E-state index is 12.7. The molecule has 31 heavy (non-hydrogen) atoms. The van der Waals surface area contributed by atoms with Crippen LogP contribution in [0.3, 0.4) is 0 Å². The Morgan fingerprint density at radius 1 is 1.13 bits per heavy atom. The number of alkyl carbamates (subject to hydrolysis) is 1. The Labute approximate surface area is 193 Å². The van der Waals surface area contributed by atoms with E-state index in [-0.39, 0.29) is 18.9 Å². The third-order valence-electron chi connectivity index (χ3n) is 4.22. The van der Waals surface area contributed by atoms with Crippen molar-refractivity contribution in [1.29, 1.82) is 0 Å². The minimum absolute atomic E-state index is 0.115. The SMILES string of the molecule is CCC(NC(=O)OCc1ccccc1)C(=O)Cn1nnnc1Sc1c(Cl)cccc1Cl. The lowest BCUT2D eigenvalue weighted by Gasteiger charge is -2.16. The Balaban J connectivity index is 1.60. The molecule has 162 valence electrons. The van der Waals surface area contributed by atoms with Crippen molar-refractivity contribution in [2.45, 2.75) is 42.6 Å². The lowest BCUT2D eigenvalue weighted by atomic mass is 10.1. The molecule has 1 unspecified atom stereocenters. The smallest absolute Gasteiger partial charge is 0.408 e. The lowest BCUT2D eigenvalue weighted by Crippen LogP contribution is -2.42. The molecule has 0 fully saturated rings. The molecule has 0 bridgehead atoms. The van der Waals surface area contributed by atoms with Gasteiger partial charge in [0, 0.05) is 0 Å². The van der Waals surface area contributed by atoms with Crippen LogP contribution in [0, 0.1) is 0 Å². The number of benzene rings is 2. The molecule has 8 nitrogen and oxygen atoms in total. The third kappa shape index (κ3) is 6.43. The summed E-state index contributed by atoms with van der Waals surface area (Å²) in [6, 6.07) is 13.7. The molecule has 0 spiro atoms. The number of amides is 1. The molecular formula is C20H19Cl2N5O3S. The van der Waals surface area contributed by atoms with Gasteiger partial charge < -0.3 is 10.1 Å². The molecule has 0 aliphatic carbocycles. The number of carbonyl (C=O) groups excluding carboxylic acids is 2. The zero-order chi connectivity index (χ0) is 22.2. The minimum Gasteiger partial charge on any atom is -0.445 e. The summed E-state index contributed by atoms with van der Waals surface area (Å²) in [7, 11) is 0. The van der Waals surface area contributed by atoms with E-state index in [4.69, 9.17) is 27.9 Å². The minimum atomic E-state index is -0.741. The van der Waals surface area contributed by atoms with E-state index in [0.717, 1.165) is 17.3 Å². The van der Waals surface area contributed by atoms with Crippen LogP contribution in [0.25, 0.3) is 0 Å². The van der Waals surface area contributed by atoms with Crippen LogP contribution in [0.4, 0.5) is 4.79 Å². The van der Waals surface area contributed by atoms with Crippen molar-refractivity contribution in [1.82, 2.24) is 25.5 Å². The molecule has 0 aliphatic heterocycles. The molecule has 1 N–H and O–H groups in total. The molecular weight excluding hydrogens is 461 g/mol. The van der Waals surface area contributed by atoms with Crippen molar-refractivity contribution in [3.8, 4) is 0 Å². The monoisotopic (exact) mass is 479 g/mol. The van der Waals surface area contributed by atoms with E-state index in [2.05, 4.69) is 20.8 Å². The van der Waals surface area contributed by atoms with Gasteiger partial charge >= 0.3 is 6.09 Å². The summed E-state index contributed by atoms with van der Waals surface area (Å²) in [5.74, 6) is -0.265. The van der Waals surface area contributed by atoms with Gasteiger partial charge in [0.1, 0.15) is 13.2 Å². The molecule has 1 atom stereocenters. The summed E-state index contributed by atoms with van der Waals surface area (Å²) in [6.07, 6.45) is -0.279. The quantitative estimate of drug-likeness (QED) is 0.485. The molecule has 11 heteroatoms. The van der Waals surface area contributed by atoms with Crippen molar-refractivity contribution in [3.05, 3.63) is 64.1 Å². The highest BCUT2D eigenvalue weighted by atomic mass is 35.5. The van der Waals surface area contributed by atoms with Crippen LogP contribution < -0.4 is 5.32 Å². The number of halogens is 2. The zero-order valence-corrected chi connectivity index (χ0v) is 18.8. The summed E-state index contributed by atoms with van der Waals surface area (Å²) in [4.78, 5) is 25.4. The predicted octanol–water partition coefficient (Wildman–Crippen LogP) is 4.41. The van der Waals surface area contributed by atoms with Gasteiger partial charge in [-0.1, -0.05) is 66.5 Å². The summed E-state index contributed by atoms with van der Waals surface area (Å²) in [5, 5.41) is 15.3. The highest BCUT2D eigenvalue weighted by Gasteiger charge is 2.22. The summed E-state index contributed by atoms with van der Waals surface area (Å²) in [6.45, 7) is 1.78. The van der Waals surface area contributed by atoms with Crippen LogP contribution in [-0.2, 0) is 22.7 Å². The van der Waals surface area contributed by atoms with Crippen LogP contribution in [-0.4, -0.2) is 38.1 Å². The van der Waals surface area contributed by atoms with Gasteiger partial charge in [0.15, 0.2) is 5.78 Å². The molecule has 0 saturated carbocycles. The lowest BCUT2D eigenvalue weighted by molar-refractivity contribution is -0.122. The Kier molecular flexibility index (Phi) is 8.27. The fraction of sp³-hybridized carbons (Fsp3) is 0.250. The number of ketones is 1. The highest BCUT2D eigenvalue weighted by Crippen LogP contribution is 2.37. The number of Topliss-reactive ketones (excluding diaryl/α,β-unsaturated/α-hetero) is 1. The molecule has 3 aromatic rings.